The molecule has 6 nitrogen and oxygen atoms in total. The molecule has 0 spiro atoms. The van der Waals surface area contributed by atoms with Crippen LogP contribution in [0.2, 0.25) is 0 Å². The highest BCUT2D eigenvalue weighted by atomic mass is 32.2. The number of benzene rings is 1. The molecule has 0 aromatic heterocycles. The summed E-state index contributed by atoms with van der Waals surface area (Å²) in [6.07, 6.45) is 0. The van der Waals surface area contributed by atoms with Gasteiger partial charge in [0.15, 0.2) is 5.96 Å². The lowest BCUT2D eigenvalue weighted by molar-refractivity contribution is 0.263. The van der Waals surface area contributed by atoms with Gasteiger partial charge in [-0.1, -0.05) is 18.2 Å². The Hall–Kier alpha value is -1.60. The van der Waals surface area contributed by atoms with Gasteiger partial charge in [0.25, 0.3) is 0 Å². The summed E-state index contributed by atoms with van der Waals surface area (Å²) in [6, 6.07) is 8.65. The number of guanidine groups is 1. The van der Waals surface area contributed by atoms with Gasteiger partial charge in [0.05, 0.1) is 4.90 Å². The largest absolute Gasteiger partial charge is 0.370 e. The molecule has 21 heavy (non-hydrogen) atoms. The van der Waals surface area contributed by atoms with Crippen molar-refractivity contribution >= 4 is 16.0 Å². The Kier molecular flexibility index (Phi) is 4.84. The number of sulfonamides is 1. The highest BCUT2D eigenvalue weighted by Crippen LogP contribution is 2.17. The van der Waals surface area contributed by atoms with Crippen LogP contribution in [-0.4, -0.2) is 55.8 Å². The molecule has 1 heterocycles. The van der Waals surface area contributed by atoms with Gasteiger partial charge in [-0.25, -0.2) is 8.42 Å². The molecule has 0 atom stereocenters. The fraction of sp³-hybridized carbons (Fsp3) is 0.500. The minimum absolute atomic E-state index is 0.135. The van der Waals surface area contributed by atoms with Gasteiger partial charge in [-0.2, -0.15) is 4.31 Å². The Labute approximate surface area is 126 Å². The van der Waals surface area contributed by atoms with Crippen LogP contribution in [0.25, 0.3) is 0 Å². The lowest BCUT2D eigenvalue weighted by atomic mass is 10.4. The van der Waals surface area contributed by atoms with E-state index in [1.165, 1.54) is 4.31 Å². The van der Waals surface area contributed by atoms with Gasteiger partial charge in [0.1, 0.15) is 0 Å². The molecule has 0 saturated carbocycles. The third kappa shape index (κ3) is 3.74. The van der Waals surface area contributed by atoms with E-state index >= 15 is 0 Å². The zero-order valence-electron chi connectivity index (χ0n) is 12.4. The van der Waals surface area contributed by atoms with Gasteiger partial charge >= 0.3 is 0 Å². The molecule has 1 aromatic carbocycles. The molecule has 1 fully saturated rings. The van der Waals surface area contributed by atoms with Gasteiger partial charge < -0.3 is 10.6 Å². The molecule has 1 saturated heterocycles. The first-order valence-electron chi connectivity index (χ1n) is 7.04. The first-order valence-corrected chi connectivity index (χ1v) is 8.48. The number of hydrogen-bond donors (Lipinski definition) is 1. The van der Waals surface area contributed by atoms with Gasteiger partial charge in [0, 0.05) is 32.2 Å². The lowest BCUT2D eigenvalue weighted by Gasteiger charge is -2.34. The number of hydrogen-bond acceptors (Lipinski definition) is 3. The lowest BCUT2D eigenvalue weighted by Crippen LogP contribution is -2.52. The second kappa shape index (κ2) is 6.44. The van der Waals surface area contributed by atoms with Crippen molar-refractivity contribution in [3.8, 4) is 0 Å². The summed E-state index contributed by atoms with van der Waals surface area (Å²) in [6.45, 7) is 5.89. The maximum absolute atomic E-state index is 12.5. The minimum atomic E-state index is -3.41. The fourth-order valence-electron chi connectivity index (χ4n) is 2.25. The molecular weight excluding hydrogens is 288 g/mol. The van der Waals surface area contributed by atoms with Crippen LogP contribution >= 0.6 is 0 Å². The molecule has 2 rings (SSSR count). The molecule has 2 N–H and O–H groups in total. The Morgan fingerprint density at radius 1 is 1.14 bits per heavy atom. The molecule has 0 bridgehead atoms. The van der Waals surface area contributed by atoms with Crippen LogP contribution in [0.4, 0.5) is 0 Å². The van der Waals surface area contributed by atoms with Crippen LogP contribution in [0.15, 0.2) is 40.2 Å². The third-order valence-corrected chi connectivity index (χ3v) is 5.25. The van der Waals surface area contributed by atoms with Gasteiger partial charge in [-0.15, -0.1) is 0 Å². The highest BCUT2D eigenvalue weighted by molar-refractivity contribution is 7.89. The van der Waals surface area contributed by atoms with Crippen LogP contribution in [-0.2, 0) is 10.0 Å². The molecule has 0 aliphatic carbocycles. The van der Waals surface area contributed by atoms with E-state index in [-0.39, 0.29) is 6.04 Å². The standard InChI is InChI=1S/C14H22N4O2S/c1-12(2)16-14(15)17-8-10-18(11-9-17)21(19,20)13-6-4-3-5-7-13/h3-7,12H,8-11H2,1-2H3,(H2,15,16). The maximum atomic E-state index is 12.5. The van der Waals surface area contributed by atoms with Crippen LogP contribution in [0, 0.1) is 0 Å². The molecule has 1 aliphatic rings. The molecule has 0 amide bonds. The third-order valence-electron chi connectivity index (χ3n) is 3.33. The maximum Gasteiger partial charge on any atom is 0.243 e. The van der Waals surface area contributed by atoms with Gasteiger partial charge in [0.2, 0.25) is 10.0 Å². The zero-order valence-corrected chi connectivity index (χ0v) is 13.3. The van der Waals surface area contributed by atoms with Crippen molar-refractivity contribution in [2.45, 2.75) is 24.8 Å². The SMILES string of the molecule is CC(C)N=C(N)N1CCN(S(=O)(=O)c2ccccc2)CC1. The number of piperazine rings is 1. The van der Waals surface area contributed by atoms with Crippen molar-refractivity contribution in [1.29, 1.82) is 0 Å². The zero-order chi connectivity index (χ0) is 15.5. The second-order valence-corrected chi connectivity index (χ2v) is 7.22. The topological polar surface area (TPSA) is 79.0 Å². The quantitative estimate of drug-likeness (QED) is 0.659. The van der Waals surface area contributed by atoms with E-state index in [0.717, 1.165) is 0 Å². The van der Waals surface area contributed by atoms with E-state index in [9.17, 15) is 8.42 Å². The van der Waals surface area contributed by atoms with Crippen molar-refractivity contribution in [3.05, 3.63) is 30.3 Å². The summed E-state index contributed by atoms with van der Waals surface area (Å²) in [5, 5.41) is 0. The second-order valence-electron chi connectivity index (χ2n) is 5.29. The molecule has 7 heteroatoms. The fourth-order valence-corrected chi connectivity index (χ4v) is 3.69. The van der Waals surface area contributed by atoms with Crippen molar-refractivity contribution in [2.75, 3.05) is 26.2 Å². The van der Waals surface area contributed by atoms with Crippen molar-refractivity contribution in [1.82, 2.24) is 9.21 Å². The van der Waals surface area contributed by atoms with Gasteiger partial charge in [-0.3, -0.25) is 4.99 Å². The molecule has 0 unspecified atom stereocenters. The van der Waals surface area contributed by atoms with E-state index in [2.05, 4.69) is 4.99 Å². The Morgan fingerprint density at radius 2 is 1.71 bits per heavy atom. The highest BCUT2D eigenvalue weighted by Gasteiger charge is 2.28. The van der Waals surface area contributed by atoms with Gasteiger partial charge in [-0.05, 0) is 26.0 Å². The average Bonchev–Trinajstić information content (AvgIpc) is 2.47. The Bertz CT molecular complexity index is 591. The minimum Gasteiger partial charge on any atom is -0.370 e. The summed E-state index contributed by atoms with van der Waals surface area (Å²) in [5.74, 6) is 0.488. The number of aliphatic imine (C=N–C) groups is 1. The number of nitrogens with zero attached hydrogens (tertiary/aromatic N) is 3. The Balaban J connectivity index is 2.05. The summed E-state index contributed by atoms with van der Waals surface area (Å²) in [4.78, 5) is 6.56. The van der Waals surface area contributed by atoms with Crippen LogP contribution in [0.3, 0.4) is 0 Å². The molecule has 1 aromatic rings. The monoisotopic (exact) mass is 310 g/mol. The van der Waals surface area contributed by atoms with Crippen LogP contribution in [0.1, 0.15) is 13.8 Å². The van der Waals surface area contributed by atoms with E-state index in [1.807, 2.05) is 18.7 Å². The number of rotatable bonds is 3. The normalized spacial score (nSPS) is 18.2. The first kappa shape index (κ1) is 15.8. The summed E-state index contributed by atoms with van der Waals surface area (Å²) >= 11 is 0. The van der Waals surface area contributed by atoms with Crippen molar-refractivity contribution in [2.24, 2.45) is 10.7 Å². The molecular formula is C14H22N4O2S. The van der Waals surface area contributed by atoms with Crippen LogP contribution in [0.5, 0.6) is 0 Å². The molecule has 116 valence electrons. The van der Waals surface area contributed by atoms with Crippen molar-refractivity contribution in [3.63, 3.8) is 0 Å². The average molecular weight is 310 g/mol. The summed E-state index contributed by atoms with van der Waals surface area (Å²) in [7, 11) is -3.41. The molecule has 1 aliphatic heterocycles. The predicted molar refractivity (Wildman–Crippen MR) is 83.5 cm³/mol. The summed E-state index contributed by atoms with van der Waals surface area (Å²) < 4.78 is 26.5. The van der Waals surface area contributed by atoms with E-state index in [1.54, 1.807) is 30.3 Å². The number of nitrogens with two attached hydrogens (primary N) is 1. The van der Waals surface area contributed by atoms with Crippen LogP contribution < -0.4 is 5.73 Å². The summed E-state index contributed by atoms with van der Waals surface area (Å²) in [5.41, 5.74) is 5.92. The van der Waals surface area contributed by atoms with E-state index < -0.39 is 10.0 Å². The van der Waals surface area contributed by atoms with E-state index in [0.29, 0.717) is 37.0 Å². The predicted octanol–water partition coefficient (Wildman–Crippen LogP) is 0.716. The first-order chi connectivity index (χ1) is 9.91. The smallest absolute Gasteiger partial charge is 0.243 e. The Morgan fingerprint density at radius 3 is 2.24 bits per heavy atom. The molecule has 0 radical (unpaired) electrons. The van der Waals surface area contributed by atoms with Crippen molar-refractivity contribution < 1.29 is 8.42 Å². The van der Waals surface area contributed by atoms with E-state index in [4.69, 9.17) is 5.73 Å².